The van der Waals surface area contributed by atoms with Crippen LogP contribution in [0.5, 0.6) is 0 Å². The van der Waals surface area contributed by atoms with Gasteiger partial charge in [0.2, 0.25) is 0 Å². The molecular weight excluding hydrogens is 297 g/mol. The first-order chi connectivity index (χ1) is 8.67. The van der Waals surface area contributed by atoms with Crippen molar-refractivity contribution in [3.05, 3.63) is 34.1 Å². The highest BCUT2D eigenvalue weighted by Gasteiger charge is 2.03. The van der Waals surface area contributed by atoms with Crippen LogP contribution in [0.25, 0.3) is 0 Å². The molecule has 0 aromatic heterocycles. The number of aliphatic imine (C=N–C) groups is 1. The van der Waals surface area contributed by atoms with E-state index in [9.17, 15) is 4.39 Å². The number of guanidine groups is 1. The Hall–Kier alpha value is -1.10. The molecule has 1 rings (SSSR count). The van der Waals surface area contributed by atoms with Gasteiger partial charge in [-0.1, -0.05) is 29.3 Å². The summed E-state index contributed by atoms with van der Waals surface area (Å²) in [7, 11) is 1.72. The minimum absolute atomic E-state index is 0.232. The molecule has 2 N–H and O–H groups in total. The summed E-state index contributed by atoms with van der Waals surface area (Å²) in [6.45, 7) is 3.56. The van der Waals surface area contributed by atoms with Crippen LogP contribution < -0.4 is 10.6 Å². The molecule has 5 heteroatoms. The lowest BCUT2D eigenvalue weighted by Crippen LogP contribution is -2.37. The molecule has 0 aliphatic heterocycles. The smallest absolute Gasteiger partial charge is 0.191 e. The highest BCUT2D eigenvalue weighted by atomic mass is 79.9. The van der Waals surface area contributed by atoms with E-state index in [1.165, 1.54) is 12.1 Å². The molecule has 0 radical (unpaired) electrons. The molecule has 0 fully saturated rings. The molecule has 0 saturated heterocycles. The standard InChI is InChI=1S/C13H19BrFN3/c1-3-4-7-17-13(16-2)18-9-10-8-11(15)5-6-12(10)14/h5-6,8H,3-4,7,9H2,1-2H3,(H2,16,17,18). The van der Waals surface area contributed by atoms with Crippen LogP contribution in [0, 0.1) is 5.82 Å². The fraction of sp³-hybridized carbons (Fsp3) is 0.462. The van der Waals surface area contributed by atoms with E-state index in [4.69, 9.17) is 0 Å². The van der Waals surface area contributed by atoms with Crippen molar-refractivity contribution < 1.29 is 4.39 Å². The topological polar surface area (TPSA) is 36.4 Å². The maximum Gasteiger partial charge on any atom is 0.191 e. The van der Waals surface area contributed by atoms with Crippen LogP contribution in [0.3, 0.4) is 0 Å². The zero-order chi connectivity index (χ0) is 13.4. The van der Waals surface area contributed by atoms with Crippen molar-refractivity contribution in [1.29, 1.82) is 0 Å². The van der Waals surface area contributed by atoms with Crippen molar-refractivity contribution in [3.63, 3.8) is 0 Å². The lowest BCUT2D eigenvalue weighted by atomic mass is 10.2. The summed E-state index contributed by atoms with van der Waals surface area (Å²) in [4.78, 5) is 4.11. The average molecular weight is 316 g/mol. The van der Waals surface area contributed by atoms with Crippen LogP contribution in [-0.2, 0) is 6.54 Å². The van der Waals surface area contributed by atoms with Gasteiger partial charge in [-0.15, -0.1) is 0 Å². The lowest BCUT2D eigenvalue weighted by Gasteiger charge is -2.12. The summed E-state index contributed by atoms with van der Waals surface area (Å²) in [6, 6.07) is 4.65. The van der Waals surface area contributed by atoms with Gasteiger partial charge < -0.3 is 10.6 Å². The molecule has 0 spiro atoms. The second kappa shape index (κ2) is 8.08. The van der Waals surface area contributed by atoms with E-state index in [2.05, 4.69) is 38.5 Å². The Bertz CT molecular complexity index is 407. The first-order valence-corrected chi connectivity index (χ1v) is 6.85. The van der Waals surface area contributed by atoms with Gasteiger partial charge in [0.25, 0.3) is 0 Å². The van der Waals surface area contributed by atoms with Gasteiger partial charge in [-0.25, -0.2) is 4.39 Å². The van der Waals surface area contributed by atoms with Crippen molar-refractivity contribution in [3.8, 4) is 0 Å². The average Bonchev–Trinajstić information content (AvgIpc) is 2.37. The Morgan fingerprint density at radius 2 is 2.17 bits per heavy atom. The predicted octanol–water partition coefficient (Wildman–Crippen LogP) is 3.05. The summed E-state index contributed by atoms with van der Waals surface area (Å²) < 4.78 is 14.0. The predicted molar refractivity (Wildman–Crippen MR) is 77.2 cm³/mol. The molecule has 100 valence electrons. The molecule has 0 bridgehead atoms. The van der Waals surface area contributed by atoms with Gasteiger partial charge in [0, 0.05) is 24.6 Å². The zero-order valence-corrected chi connectivity index (χ0v) is 12.3. The van der Waals surface area contributed by atoms with E-state index >= 15 is 0 Å². The molecule has 0 unspecified atom stereocenters. The number of nitrogens with one attached hydrogen (secondary N) is 2. The van der Waals surface area contributed by atoms with Crippen molar-refractivity contribution in [2.45, 2.75) is 26.3 Å². The largest absolute Gasteiger partial charge is 0.356 e. The number of halogens is 2. The molecule has 1 aromatic carbocycles. The Morgan fingerprint density at radius 3 is 2.83 bits per heavy atom. The molecule has 0 aliphatic rings. The summed E-state index contributed by atoms with van der Waals surface area (Å²) >= 11 is 3.40. The number of hydrogen-bond donors (Lipinski definition) is 2. The van der Waals surface area contributed by atoms with Gasteiger partial charge in [0.1, 0.15) is 5.82 Å². The Balaban J connectivity index is 2.49. The molecular formula is C13H19BrFN3. The van der Waals surface area contributed by atoms with Gasteiger partial charge >= 0.3 is 0 Å². The van der Waals surface area contributed by atoms with Crippen molar-refractivity contribution >= 4 is 21.9 Å². The Morgan fingerprint density at radius 1 is 1.39 bits per heavy atom. The quantitative estimate of drug-likeness (QED) is 0.498. The van der Waals surface area contributed by atoms with Gasteiger partial charge in [0.05, 0.1) is 0 Å². The van der Waals surface area contributed by atoms with Crippen molar-refractivity contribution in [2.75, 3.05) is 13.6 Å². The molecule has 18 heavy (non-hydrogen) atoms. The number of benzene rings is 1. The number of unbranched alkanes of at least 4 members (excludes halogenated alkanes) is 1. The van der Waals surface area contributed by atoms with Crippen LogP contribution in [0.2, 0.25) is 0 Å². The monoisotopic (exact) mass is 315 g/mol. The first kappa shape index (κ1) is 15.0. The molecule has 0 saturated carbocycles. The van der Waals surface area contributed by atoms with Crippen LogP contribution in [-0.4, -0.2) is 19.6 Å². The first-order valence-electron chi connectivity index (χ1n) is 6.05. The maximum absolute atomic E-state index is 13.1. The van der Waals surface area contributed by atoms with Crippen molar-refractivity contribution in [1.82, 2.24) is 10.6 Å². The molecule has 0 aliphatic carbocycles. The lowest BCUT2D eigenvalue weighted by molar-refractivity contribution is 0.624. The molecule has 0 amide bonds. The number of nitrogens with zero attached hydrogens (tertiary/aromatic N) is 1. The highest BCUT2D eigenvalue weighted by Crippen LogP contribution is 2.17. The summed E-state index contributed by atoms with van der Waals surface area (Å²) in [5.41, 5.74) is 0.869. The van der Waals surface area contributed by atoms with E-state index in [0.29, 0.717) is 6.54 Å². The van der Waals surface area contributed by atoms with Gasteiger partial charge in [-0.05, 0) is 30.2 Å². The van der Waals surface area contributed by atoms with Gasteiger partial charge in [-0.2, -0.15) is 0 Å². The third-order valence-corrected chi connectivity index (χ3v) is 3.27. The Labute approximate surface area is 116 Å². The fourth-order valence-electron chi connectivity index (χ4n) is 1.46. The molecule has 0 atom stereocenters. The highest BCUT2D eigenvalue weighted by molar-refractivity contribution is 9.10. The van der Waals surface area contributed by atoms with Crippen LogP contribution in [0.15, 0.2) is 27.7 Å². The van der Waals surface area contributed by atoms with E-state index in [-0.39, 0.29) is 5.82 Å². The number of hydrogen-bond acceptors (Lipinski definition) is 1. The second-order valence-electron chi connectivity index (χ2n) is 3.94. The van der Waals surface area contributed by atoms with Gasteiger partial charge in [-0.3, -0.25) is 4.99 Å². The fourth-order valence-corrected chi connectivity index (χ4v) is 1.85. The maximum atomic E-state index is 13.1. The summed E-state index contributed by atoms with van der Waals surface area (Å²) in [5, 5.41) is 6.36. The zero-order valence-electron chi connectivity index (χ0n) is 10.8. The van der Waals surface area contributed by atoms with E-state index in [0.717, 1.165) is 35.4 Å². The molecule has 1 aromatic rings. The van der Waals surface area contributed by atoms with Gasteiger partial charge in [0.15, 0.2) is 5.96 Å². The summed E-state index contributed by atoms with van der Waals surface area (Å²) in [6.07, 6.45) is 2.24. The van der Waals surface area contributed by atoms with Crippen LogP contribution >= 0.6 is 15.9 Å². The second-order valence-corrected chi connectivity index (χ2v) is 4.80. The number of rotatable bonds is 5. The third-order valence-electron chi connectivity index (χ3n) is 2.50. The minimum Gasteiger partial charge on any atom is -0.356 e. The Kier molecular flexibility index (Phi) is 6.72. The van der Waals surface area contributed by atoms with Crippen molar-refractivity contribution in [2.24, 2.45) is 4.99 Å². The van der Waals surface area contributed by atoms with E-state index < -0.39 is 0 Å². The van der Waals surface area contributed by atoms with E-state index in [1.54, 1.807) is 13.1 Å². The summed E-state index contributed by atoms with van der Waals surface area (Å²) in [5.74, 6) is 0.503. The van der Waals surface area contributed by atoms with E-state index in [1.807, 2.05) is 0 Å². The molecule has 3 nitrogen and oxygen atoms in total. The normalized spacial score (nSPS) is 11.4. The minimum atomic E-state index is -0.232. The third kappa shape index (κ3) is 5.04. The van der Waals surface area contributed by atoms with Crippen LogP contribution in [0.4, 0.5) is 4.39 Å². The van der Waals surface area contributed by atoms with Crippen LogP contribution in [0.1, 0.15) is 25.3 Å². The molecule has 0 heterocycles. The SMILES string of the molecule is CCCCNC(=NC)NCc1cc(F)ccc1Br.